The zero-order chi connectivity index (χ0) is 19.3. The Morgan fingerprint density at radius 3 is 2.38 bits per heavy atom. The van der Waals surface area contributed by atoms with Crippen LogP contribution in [-0.2, 0) is 20.7 Å². The number of nitrogens with one attached hydrogen (secondary N) is 2. The lowest BCUT2D eigenvalue weighted by Gasteiger charge is -2.15. The van der Waals surface area contributed by atoms with E-state index in [1.165, 1.54) is 21.1 Å². The Bertz CT molecular complexity index is 705. The number of amides is 3. The largest absolute Gasteiger partial charge is 0.493 e. The summed E-state index contributed by atoms with van der Waals surface area (Å²) >= 11 is 3.36. The summed E-state index contributed by atoms with van der Waals surface area (Å²) in [6.45, 7) is 1.40. The van der Waals surface area contributed by atoms with Gasteiger partial charge in [-0.1, -0.05) is 15.9 Å². The number of imide groups is 1. The summed E-state index contributed by atoms with van der Waals surface area (Å²) in [6, 6.07) is 2.88. The minimum absolute atomic E-state index is 0.0766. The molecule has 1 atom stereocenters. The fourth-order valence-corrected chi connectivity index (χ4v) is 2.60. The zero-order valence-electron chi connectivity index (χ0n) is 14.8. The average molecular weight is 429 g/mol. The van der Waals surface area contributed by atoms with Crippen LogP contribution in [0.25, 0.3) is 0 Å². The molecule has 1 aromatic carbocycles. The highest BCUT2D eigenvalue weighted by Gasteiger charge is 2.26. The summed E-state index contributed by atoms with van der Waals surface area (Å²) < 4.78 is 16.1. The Kier molecular flexibility index (Phi) is 6.84. The quantitative estimate of drug-likeness (QED) is 0.643. The molecule has 1 aliphatic rings. The van der Waals surface area contributed by atoms with Gasteiger partial charge < -0.3 is 19.5 Å². The van der Waals surface area contributed by atoms with E-state index < -0.39 is 24.0 Å². The number of ether oxygens (including phenoxy) is 3. The predicted octanol–water partition coefficient (Wildman–Crippen LogP) is 1.93. The van der Waals surface area contributed by atoms with Gasteiger partial charge in [-0.15, -0.1) is 0 Å². The van der Waals surface area contributed by atoms with E-state index in [-0.39, 0.29) is 12.5 Å². The molecule has 2 N–H and O–H groups in total. The molecular weight excluding hydrogens is 408 g/mol. The molecule has 26 heavy (non-hydrogen) atoms. The van der Waals surface area contributed by atoms with Crippen LogP contribution in [-0.4, -0.2) is 44.3 Å². The Balaban J connectivity index is 1.90. The second-order valence-electron chi connectivity index (χ2n) is 5.84. The summed E-state index contributed by atoms with van der Waals surface area (Å²) in [6.07, 6.45) is 0.650. The van der Waals surface area contributed by atoms with E-state index in [2.05, 4.69) is 26.6 Å². The van der Waals surface area contributed by atoms with Crippen molar-refractivity contribution in [1.29, 1.82) is 0 Å². The standard InChI is InChI=1S/C17H21BrN2O6/c1-9(16(22)20-17(23)19-11-4-5-11)26-15(21)7-10-6-13(24-2)14(25-3)8-12(10)18/h6,8-9,11H,4-5,7H2,1-3H3,(H2,19,20,22,23). The monoisotopic (exact) mass is 428 g/mol. The number of hydrogen-bond donors (Lipinski definition) is 2. The molecule has 9 heteroatoms. The summed E-state index contributed by atoms with van der Waals surface area (Å²) in [4.78, 5) is 35.6. The Morgan fingerprint density at radius 1 is 1.19 bits per heavy atom. The molecule has 0 saturated heterocycles. The van der Waals surface area contributed by atoms with Crippen molar-refractivity contribution in [2.45, 2.75) is 38.3 Å². The van der Waals surface area contributed by atoms with Crippen LogP contribution in [0, 0.1) is 0 Å². The van der Waals surface area contributed by atoms with E-state index in [1.807, 2.05) is 0 Å². The van der Waals surface area contributed by atoms with Crippen molar-refractivity contribution in [3.05, 3.63) is 22.2 Å². The molecule has 0 bridgehead atoms. The topological polar surface area (TPSA) is 103 Å². The van der Waals surface area contributed by atoms with Crippen LogP contribution < -0.4 is 20.1 Å². The van der Waals surface area contributed by atoms with Gasteiger partial charge in [0.1, 0.15) is 0 Å². The molecule has 2 rings (SSSR count). The molecule has 1 unspecified atom stereocenters. The van der Waals surface area contributed by atoms with Crippen molar-refractivity contribution in [2.75, 3.05) is 14.2 Å². The molecule has 142 valence electrons. The van der Waals surface area contributed by atoms with Gasteiger partial charge in [-0.25, -0.2) is 4.79 Å². The molecule has 0 aromatic heterocycles. The van der Waals surface area contributed by atoms with Crippen LogP contribution in [0.2, 0.25) is 0 Å². The maximum Gasteiger partial charge on any atom is 0.321 e. The SMILES string of the molecule is COc1cc(Br)c(CC(=O)OC(C)C(=O)NC(=O)NC2CC2)cc1OC. The number of urea groups is 1. The van der Waals surface area contributed by atoms with Crippen LogP contribution >= 0.6 is 15.9 Å². The smallest absolute Gasteiger partial charge is 0.321 e. The number of rotatable bonds is 7. The number of benzene rings is 1. The first-order chi connectivity index (χ1) is 12.3. The molecule has 0 spiro atoms. The number of halogens is 1. The summed E-state index contributed by atoms with van der Waals surface area (Å²) in [7, 11) is 3.00. The number of hydrogen-bond acceptors (Lipinski definition) is 6. The van der Waals surface area contributed by atoms with Crippen LogP contribution in [0.4, 0.5) is 4.79 Å². The van der Waals surface area contributed by atoms with Gasteiger partial charge in [0.2, 0.25) is 0 Å². The normalized spacial score (nSPS) is 14.2. The van der Waals surface area contributed by atoms with Gasteiger partial charge in [-0.2, -0.15) is 0 Å². The number of methoxy groups -OCH3 is 2. The van der Waals surface area contributed by atoms with E-state index in [0.29, 0.717) is 21.5 Å². The minimum Gasteiger partial charge on any atom is -0.493 e. The van der Waals surface area contributed by atoms with E-state index in [0.717, 1.165) is 12.8 Å². The lowest BCUT2D eigenvalue weighted by molar-refractivity contribution is -0.153. The molecule has 8 nitrogen and oxygen atoms in total. The zero-order valence-corrected chi connectivity index (χ0v) is 16.3. The van der Waals surface area contributed by atoms with Crippen LogP contribution in [0.1, 0.15) is 25.3 Å². The van der Waals surface area contributed by atoms with Crippen molar-refractivity contribution >= 4 is 33.8 Å². The average Bonchev–Trinajstić information content (AvgIpc) is 3.39. The fourth-order valence-electron chi connectivity index (χ4n) is 2.14. The van der Waals surface area contributed by atoms with Gasteiger partial charge in [0, 0.05) is 10.5 Å². The second-order valence-corrected chi connectivity index (χ2v) is 6.70. The number of carbonyl (C=O) groups is 3. The second kappa shape index (κ2) is 8.88. The minimum atomic E-state index is -1.09. The molecule has 0 aliphatic heterocycles. The van der Waals surface area contributed by atoms with Crippen molar-refractivity contribution in [1.82, 2.24) is 10.6 Å². The first kappa shape index (κ1) is 20.0. The fraction of sp³-hybridized carbons (Fsp3) is 0.471. The molecule has 0 heterocycles. The summed E-state index contributed by atoms with van der Waals surface area (Å²) in [5.41, 5.74) is 0.617. The number of carbonyl (C=O) groups excluding carboxylic acids is 3. The highest BCUT2D eigenvalue weighted by Crippen LogP contribution is 2.33. The maximum absolute atomic E-state index is 12.1. The van der Waals surface area contributed by atoms with Gasteiger partial charge in [0.15, 0.2) is 17.6 Å². The van der Waals surface area contributed by atoms with Crippen LogP contribution in [0.3, 0.4) is 0 Å². The maximum atomic E-state index is 12.1. The molecule has 1 fully saturated rings. The van der Waals surface area contributed by atoms with Gasteiger partial charge in [0.25, 0.3) is 5.91 Å². The predicted molar refractivity (Wildman–Crippen MR) is 96.2 cm³/mol. The molecule has 1 saturated carbocycles. The summed E-state index contributed by atoms with van der Waals surface area (Å²) in [5, 5.41) is 4.77. The molecule has 3 amide bonds. The van der Waals surface area contributed by atoms with E-state index in [9.17, 15) is 14.4 Å². The van der Waals surface area contributed by atoms with Crippen LogP contribution in [0.5, 0.6) is 11.5 Å². The highest BCUT2D eigenvalue weighted by atomic mass is 79.9. The van der Waals surface area contributed by atoms with Gasteiger partial charge in [-0.05, 0) is 37.5 Å². The van der Waals surface area contributed by atoms with Crippen molar-refractivity contribution in [3.8, 4) is 11.5 Å². The van der Waals surface area contributed by atoms with Gasteiger partial charge in [0.05, 0.1) is 20.6 Å². The van der Waals surface area contributed by atoms with E-state index in [1.54, 1.807) is 12.1 Å². The van der Waals surface area contributed by atoms with E-state index in [4.69, 9.17) is 14.2 Å². The van der Waals surface area contributed by atoms with Crippen molar-refractivity contribution in [2.24, 2.45) is 0 Å². The van der Waals surface area contributed by atoms with Crippen LogP contribution in [0.15, 0.2) is 16.6 Å². The van der Waals surface area contributed by atoms with Crippen molar-refractivity contribution in [3.63, 3.8) is 0 Å². The molecular formula is C17H21BrN2O6. The van der Waals surface area contributed by atoms with Gasteiger partial charge in [-0.3, -0.25) is 14.9 Å². The number of esters is 1. The Morgan fingerprint density at radius 2 is 1.81 bits per heavy atom. The molecule has 1 aliphatic carbocycles. The van der Waals surface area contributed by atoms with E-state index >= 15 is 0 Å². The van der Waals surface area contributed by atoms with Gasteiger partial charge >= 0.3 is 12.0 Å². The Hall–Kier alpha value is -2.29. The van der Waals surface area contributed by atoms with Crippen molar-refractivity contribution < 1.29 is 28.6 Å². The first-order valence-corrected chi connectivity index (χ1v) is 8.84. The molecule has 1 aromatic rings. The Labute approximate surface area is 159 Å². The third kappa shape index (κ3) is 5.62. The first-order valence-electron chi connectivity index (χ1n) is 8.05. The lowest BCUT2D eigenvalue weighted by atomic mass is 10.1. The third-order valence-electron chi connectivity index (χ3n) is 3.71. The summed E-state index contributed by atoms with van der Waals surface area (Å²) in [5.74, 6) is -0.294. The molecule has 0 radical (unpaired) electrons. The highest BCUT2D eigenvalue weighted by molar-refractivity contribution is 9.10. The third-order valence-corrected chi connectivity index (χ3v) is 4.45. The lowest BCUT2D eigenvalue weighted by Crippen LogP contribution is -2.45.